The van der Waals surface area contributed by atoms with Crippen molar-refractivity contribution in [1.82, 2.24) is 19.8 Å². The molecular formula is C30H34F3N5O. The van der Waals surface area contributed by atoms with E-state index in [0.29, 0.717) is 29.8 Å². The van der Waals surface area contributed by atoms with Gasteiger partial charge in [0.15, 0.2) is 5.78 Å². The van der Waals surface area contributed by atoms with Gasteiger partial charge in [-0.25, -0.2) is 9.97 Å². The van der Waals surface area contributed by atoms with Crippen molar-refractivity contribution < 1.29 is 18.0 Å². The third kappa shape index (κ3) is 6.15. The predicted octanol–water partition coefficient (Wildman–Crippen LogP) is 5.10. The van der Waals surface area contributed by atoms with E-state index >= 15 is 0 Å². The van der Waals surface area contributed by atoms with Gasteiger partial charge in [-0.05, 0) is 59.8 Å². The molecule has 1 aromatic heterocycles. The lowest BCUT2D eigenvalue weighted by molar-refractivity contribution is -0.138. The number of hydrogen-bond acceptors (Lipinski definition) is 6. The van der Waals surface area contributed by atoms with Gasteiger partial charge in [-0.2, -0.15) is 13.2 Å². The Hall–Kier alpha value is -3.30. The number of anilines is 1. The Balaban J connectivity index is 1.39. The summed E-state index contributed by atoms with van der Waals surface area (Å²) < 4.78 is 41.9. The second-order valence-electron chi connectivity index (χ2n) is 10.9. The Morgan fingerprint density at radius 1 is 1.05 bits per heavy atom. The summed E-state index contributed by atoms with van der Waals surface area (Å²) in [7, 11) is 2.05. The van der Waals surface area contributed by atoms with Crippen LogP contribution in [-0.2, 0) is 25.7 Å². The van der Waals surface area contributed by atoms with Crippen molar-refractivity contribution >= 4 is 11.5 Å². The topological polar surface area (TPSA) is 52.6 Å². The van der Waals surface area contributed by atoms with Crippen molar-refractivity contribution in [1.29, 1.82) is 0 Å². The molecule has 0 radical (unpaired) electrons. The SMILES string of the molecule is Cc1c(CN2CCN(C)CC2)cc(CC(=O)c2ccc3c(c2)CN(c2cncnc2)CC3C)cc1C(F)(F)F. The number of likely N-dealkylation sites (N-methyl/N-ethyl adjacent to an activating group) is 1. The Kier molecular flexibility index (Phi) is 7.73. The van der Waals surface area contributed by atoms with E-state index in [1.807, 2.05) is 25.2 Å². The summed E-state index contributed by atoms with van der Waals surface area (Å²) in [6, 6.07) is 8.63. The zero-order chi connectivity index (χ0) is 27.7. The van der Waals surface area contributed by atoms with Crippen molar-refractivity contribution in [2.45, 2.75) is 45.5 Å². The zero-order valence-electron chi connectivity index (χ0n) is 22.6. The number of aromatic nitrogens is 2. The van der Waals surface area contributed by atoms with E-state index in [4.69, 9.17) is 0 Å². The molecule has 0 saturated carbocycles. The third-order valence-corrected chi connectivity index (χ3v) is 8.00. The number of carbonyl (C=O) groups is 1. The van der Waals surface area contributed by atoms with Gasteiger partial charge in [-0.3, -0.25) is 9.69 Å². The minimum Gasteiger partial charge on any atom is -0.364 e. The number of alkyl halides is 3. The second-order valence-corrected chi connectivity index (χ2v) is 10.9. The van der Waals surface area contributed by atoms with Gasteiger partial charge < -0.3 is 9.80 Å². The molecule has 0 aliphatic carbocycles. The van der Waals surface area contributed by atoms with E-state index in [0.717, 1.165) is 50.0 Å². The first-order valence-corrected chi connectivity index (χ1v) is 13.3. The minimum absolute atomic E-state index is 0.0797. The largest absolute Gasteiger partial charge is 0.416 e. The molecular weight excluding hydrogens is 503 g/mol. The van der Waals surface area contributed by atoms with Crippen molar-refractivity contribution in [2.24, 2.45) is 0 Å². The molecule has 1 saturated heterocycles. The molecule has 3 heterocycles. The summed E-state index contributed by atoms with van der Waals surface area (Å²) in [5.41, 5.74) is 4.28. The van der Waals surface area contributed by atoms with Gasteiger partial charge in [0.1, 0.15) is 6.33 Å². The molecule has 2 aromatic carbocycles. The van der Waals surface area contributed by atoms with Crippen LogP contribution in [0, 0.1) is 6.92 Å². The van der Waals surface area contributed by atoms with Crippen molar-refractivity contribution in [3.8, 4) is 0 Å². The van der Waals surface area contributed by atoms with Crippen LogP contribution in [-0.4, -0.2) is 65.3 Å². The molecule has 0 spiro atoms. The molecule has 0 N–H and O–H groups in total. The number of halogens is 3. The molecule has 6 nitrogen and oxygen atoms in total. The molecule has 1 unspecified atom stereocenters. The molecule has 39 heavy (non-hydrogen) atoms. The maximum absolute atomic E-state index is 14.0. The van der Waals surface area contributed by atoms with Gasteiger partial charge in [0.2, 0.25) is 0 Å². The third-order valence-electron chi connectivity index (χ3n) is 8.00. The standard InChI is InChI=1S/C30H34F3N5O/c1-20-16-38(26-14-34-19-35-15-26)18-25-13-23(4-5-27(20)25)29(39)12-22-10-24(17-37-8-6-36(3)7-9-37)21(2)28(11-22)30(31,32)33/h4-5,10-11,13-15,19-20H,6-9,12,16-18H2,1-3H3. The number of carbonyl (C=O) groups excluding carboxylic acids is 1. The first kappa shape index (κ1) is 27.3. The number of Topliss-reactive ketones (excluding diaryl/α,β-unsaturated/α-hetero) is 1. The van der Waals surface area contributed by atoms with E-state index in [2.05, 4.69) is 31.6 Å². The molecule has 0 amide bonds. The average Bonchev–Trinajstić information content (AvgIpc) is 2.91. The van der Waals surface area contributed by atoms with Gasteiger partial charge in [0, 0.05) is 57.8 Å². The molecule has 1 fully saturated rings. The lowest BCUT2D eigenvalue weighted by Crippen LogP contribution is -2.44. The van der Waals surface area contributed by atoms with E-state index < -0.39 is 11.7 Å². The van der Waals surface area contributed by atoms with Crippen LogP contribution in [0.2, 0.25) is 0 Å². The molecule has 1 atom stereocenters. The van der Waals surface area contributed by atoms with Crippen LogP contribution >= 0.6 is 0 Å². The van der Waals surface area contributed by atoms with Crippen LogP contribution in [0.4, 0.5) is 18.9 Å². The highest BCUT2D eigenvalue weighted by molar-refractivity contribution is 5.97. The highest BCUT2D eigenvalue weighted by Crippen LogP contribution is 2.35. The molecule has 5 rings (SSSR count). The summed E-state index contributed by atoms with van der Waals surface area (Å²) in [6.07, 6.45) is 0.480. The van der Waals surface area contributed by atoms with Gasteiger partial charge in [-0.15, -0.1) is 0 Å². The Morgan fingerprint density at radius 3 is 2.46 bits per heavy atom. The summed E-state index contributed by atoms with van der Waals surface area (Å²) in [5.74, 6) is 0.0647. The molecule has 2 aliphatic rings. The maximum Gasteiger partial charge on any atom is 0.416 e. The van der Waals surface area contributed by atoms with E-state index in [9.17, 15) is 18.0 Å². The van der Waals surface area contributed by atoms with Crippen LogP contribution in [0.1, 0.15) is 56.6 Å². The van der Waals surface area contributed by atoms with E-state index in [1.165, 1.54) is 18.8 Å². The molecule has 206 valence electrons. The number of benzene rings is 2. The van der Waals surface area contributed by atoms with Crippen molar-refractivity contribution in [2.75, 3.05) is 44.7 Å². The lowest BCUT2D eigenvalue weighted by Gasteiger charge is -2.34. The monoisotopic (exact) mass is 537 g/mol. The lowest BCUT2D eigenvalue weighted by atomic mass is 9.88. The highest BCUT2D eigenvalue weighted by atomic mass is 19.4. The van der Waals surface area contributed by atoms with E-state index in [-0.39, 0.29) is 23.7 Å². The van der Waals surface area contributed by atoms with Crippen LogP contribution < -0.4 is 4.90 Å². The Labute approximate surface area is 227 Å². The van der Waals surface area contributed by atoms with Crippen molar-refractivity contribution in [3.05, 3.63) is 88.0 Å². The number of rotatable bonds is 6. The fourth-order valence-electron chi connectivity index (χ4n) is 5.68. The highest BCUT2D eigenvalue weighted by Gasteiger charge is 2.34. The first-order chi connectivity index (χ1) is 18.6. The molecule has 2 aliphatic heterocycles. The number of fused-ring (bicyclic) bond motifs is 1. The quantitative estimate of drug-likeness (QED) is 0.408. The van der Waals surface area contributed by atoms with Gasteiger partial charge >= 0.3 is 6.18 Å². The van der Waals surface area contributed by atoms with Gasteiger partial charge in [0.05, 0.1) is 23.6 Å². The van der Waals surface area contributed by atoms with Crippen LogP contribution in [0.3, 0.4) is 0 Å². The smallest absolute Gasteiger partial charge is 0.364 e. The van der Waals surface area contributed by atoms with Crippen molar-refractivity contribution in [3.63, 3.8) is 0 Å². The minimum atomic E-state index is -4.48. The summed E-state index contributed by atoms with van der Waals surface area (Å²) in [4.78, 5) is 28.2. The predicted molar refractivity (Wildman–Crippen MR) is 145 cm³/mol. The van der Waals surface area contributed by atoms with Gasteiger partial charge in [0.25, 0.3) is 0 Å². The van der Waals surface area contributed by atoms with Crippen LogP contribution in [0.25, 0.3) is 0 Å². The normalized spacial score (nSPS) is 18.7. The number of nitrogens with zero attached hydrogens (tertiary/aromatic N) is 5. The zero-order valence-corrected chi connectivity index (χ0v) is 22.6. The Bertz CT molecular complexity index is 1340. The second kappa shape index (κ2) is 11.1. The fraction of sp³-hybridized carbons (Fsp3) is 0.433. The van der Waals surface area contributed by atoms with Crippen LogP contribution in [0.5, 0.6) is 0 Å². The van der Waals surface area contributed by atoms with Gasteiger partial charge in [-0.1, -0.05) is 25.1 Å². The maximum atomic E-state index is 14.0. The molecule has 9 heteroatoms. The Morgan fingerprint density at radius 2 is 1.77 bits per heavy atom. The summed E-state index contributed by atoms with van der Waals surface area (Å²) in [5, 5.41) is 0. The average molecular weight is 538 g/mol. The van der Waals surface area contributed by atoms with E-state index in [1.54, 1.807) is 18.5 Å². The number of ketones is 1. The fourth-order valence-corrected chi connectivity index (χ4v) is 5.68. The first-order valence-electron chi connectivity index (χ1n) is 13.3. The van der Waals surface area contributed by atoms with Crippen LogP contribution in [0.15, 0.2) is 49.1 Å². The molecule has 3 aromatic rings. The summed E-state index contributed by atoms with van der Waals surface area (Å²) in [6.45, 7) is 8.93. The summed E-state index contributed by atoms with van der Waals surface area (Å²) >= 11 is 0. The number of hydrogen-bond donors (Lipinski definition) is 0. The molecule has 0 bridgehead atoms. The number of piperazine rings is 1.